The number of fused-ring (bicyclic) bond motifs is 3. The third kappa shape index (κ3) is 2.93. The number of carbonyl (C=O) groups excluding carboxylic acids is 3. The van der Waals surface area contributed by atoms with Crippen molar-refractivity contribution in [3.05, 3.63) is 40.0 Å². The molecule has 140 valence electrons. The Morgan fingerprint density at radius 2 is 2.15 bits per heavy atom. The average Bonchev–Trinajstić information content (AvgIpc) is 2.98. The third-order valence-corrected chi connectivity index (χ3v) is 5.91. The van der Waals surface area contributed by atoms with E-state index >= 15 is 0 Å². The van der Waals surface area contributed by atoms with Crippen molar-refractivity contribution in [1.29, 1.82) is 0 Å². The van der Waals surface area contributed by atoms with Gasteiger partial charge in [-0.1, -0.05) is 0 Å². The summed E-state index contributed by atoms with van der Waals surface area (Å²) in [5.74, 6) is -0.0793. The normalized spacial score (nSPS) is 16.4. The largest absolute Gasteiger partial charge is 0.494 e. The lowest BCUT2D eigenvalue weighted by Crippen LogP contribution is -2.36. The van der Waals surface area contributed by atoms with E-state index in [2.05, 4.69) is 10.3 Å². The van der Waals surface area contributed by atoms with Gasteiger partial charge < -0.3 is 19.9 Å². The van der Waals surface area contributed by atoms with Crippen molar-refractivity contribution < 1.29 is 19.1 Å². The van der Waals surface area contributed by atoms with Crippen LogP contribution in [0.25, 0.3) is 0 Å². The Hall–Kier alpha value is -2.94. The molecule has 2 aliphatic heterocycles. The Morgan fingerprint density at radius 3 is 2.93 bits per heavy atom. The van der Waals surface area contributed by atoms with Crippen molar-refractivity contribution in [2.24, 2.45) is 0 Å². The lowest BCUT2D eigenvalue weighted by atomic mass is 10.0. The van der Waals surface area contributed by atoms with Crippen LogP contribution in [-0.4, -0.2) is 59.8 Å². The molecule has 0 saturated carbocycles. The van der Waals surface area contributed by atoms with Gasteiger partial charge in [-0.2, -0.15) is 0 Å². The predicted octanol–water partition coefficient (Wildman–Crippen LogP) is 1.37. The third-order valence-electron chi connectivity index (χ3n) is 4.77. The van der Waals surface area contributed by atoms with Gasteiger partial charge in [-0.25, -0.2) is 0 Å². The Bertz CT molecular complexity index is 955. The number of hydrogen-bond acceptors (Lipinski definition) is 6. The second kappa shape index (κ2) is 6.66. The zero-order valence-corrected chi connectivity index (χ0v) is 15.8. The van der Waals surface area contributed by atoms with Crippen molar-refractivity contribution in [2.75, 3.05) is 32.6 Å². The summed E-state index contributed by atoms with van der Waals surface area (Å²) in [5, 5.41) is 3.40. The molecule has 0 saturated heterocycles. The summed E-state index contributed by atoms with van der Waals surface area (Å²) in [7, 11) is 3.12. The van der Waals surface area contributed by atoms with Gasteiger partial charge in [0.25, 0.3) is 11.8 Å². The zero-order chi connectivity index (χ0) is 19.1. The summed E-state index contributed by atoms with van der Waals surface area (Å²) in [6, 6.07) is 1.64. The average molecular weight is 386 g/mol. The number of likely N-dealkylation sites (N-methyl/N-ethyl adjacent to an activating group) is 1. The molecule has 1 N–H and O–H groups in total. The van der Waals surface area contributed by atoms with Crippen LogP contribution in [0.15, 0.2) is 18.5 Å². The lowest BCUT2D eigenvalue weighted by molar-refractivity contribution is -0.116. The minimum atomic E-state index is -0.211. The van der Waals surface area contributed by atoms with E-state index in [-0.39, 0.29) is 24.3 Å². The van der Waals surface area contributed by atoms with Crippen LogP contribution >= 0.6 is 11.3 Å². The summed E-state index contributed by atoms with van der Waals surface area (Å²) < 4.78 is 5.24. The van der Waals surface area contributed by atoms with Gasteiger partial charge in [-0.05, 0) is 18.1 Å². The standard InChI is InChI=1S/C18H18N4O4S/c1-21-9-14(23)20-16-15(18(21)25)11-4-6-22(8-13(11)27-16)17(24)10-3-5-19-7-12(10)26-2/h3,5,7H,4,6,8-9H2,1-2H3,(H,20,23). The van der Waals surface area contributed by atoms with Crippen LogP contribution in [0.3, 0.4) is 0 Å². The van der Waals surface area contributed by atoms with Crippen LogP contribution in [0.5, 0.6) is 5.75 Å². The highest BCUT2D eigenvalue weighted by molar-refractivity contribution is 7.17. The Kier molecular flexibility index (Phi) is 4.31. The highest BCUT2D eigenvalue weighted by atomic mass is 32.1. The highest BCUT2D eigenvalue weighted by Gasteiger charge is 2.34. The number of methoxy groups -OCH3 is 1. The van der Waals surface area contributed by atoms with Gasteiger partial charge in [0.1, 0.15) is 10.8 Å². The molecule has 0 radical (unpaired) electrons. The van der Waals surface area contributed by atoms with Crippen LogP contribution in [0, 0.1) is 0 Å². The second-order valence-electron chi connectivity index (χ2n) is 6.47. The quantitative estimate of drug-likeness (QED) is 0.842. The van der Waals surface area contributed by atoms with Crippen molar-refractivity contribution in [2.45, 2.75) is 13.0 Å². The number of nitrogens with zero attached hydrogens (tertiary/aromatic N) is 3. The summed E-state index contributed by atoms with van der Waals surface area (Å²) in [6.45, 7) is 0.928. The SMILES string of the molecule is COc1cnccc1C(=O)N1CCc2c(sc3c2C(=O)N(C)CC(=O)N3)C1. The van der Waals surface area contributed by atoms with Crippen molar-refractivity contribution in [3.63, 3.8) is 0 Å². The van der Waals surface area contributed by atoms with E-state index in [1.807, 2.05) is 0 Å². The first-order valence-electron chi connectivity index (χ1n) is 8.46. The molecule has 2 aromatic rings. The first kappa shape index (κ1) is 17.5. The van der Waals surface area contributed by atoms with Crippen LogP contribution < -0.4 is 10.1 Å². The topological polar surface area (TPSA) is 91.8 Å². The molecule has 3 amide bonds. The van der Waals surface area contributed by atoms with Crippen molar-refractivity contribution in [1.82, 2.24) is 14.8 Å². The van der Waals surface area contributed by atoms with Gasteiger partial charge in [-0.3, -0.25) is 19.4 Å². The van der Waals surface area contributed by atoms with Crippen LogP contribution in [0.1, 0.15) is 31.2 Å². The minimum absolute atomic E-state index is 0.0431. The first-order chi connectivity index (χ1) is 13.0. The fourth-order valence-corrected chi connectivity index (χ4v) is 4.70. The number of aromatic nitrogens is 1. The van der Waals surface area contributed by atoms with Crippen LogP contribution in [-0.2, 0) is 17.8 Å². The fourth-order valence-electron chi connectivity index (χ4n) is 3.43. The van der Waals surface area contributed by atoms with E-state index in [0.29, 0.717) is 41.4 Å². The number of nitrogens with one attached hydrogen (secondary N) is 1. The number of pyridine rings is 1. The number of carbonyl (C=O) groups is 3. The molecule has 0 aliphatic carbocycles. The van der Waals surface area contributed by atoms with Gasteiger partial charge in [0.2, 0.25) is 5.91 Å². The molecule has 2 aromatic heterocycles. The molecule has 2 aliphatic rings. The lowest BCUT2D eigenvalue weighted by Gasteiger charge is -2.28. The van der Waals surface area contributed by atoms with E-state index in [1.54, 1.807) is 24.2 Å². The fraction of sp³-hybridized carbons (Fsp3) is 0.333. The van der Waals surface area contributed by atoms with Gasteiger partial charge in [0.05, 0.1) is 37.5 Å². The molecular formula is C18H18N4O4S. The van der Waals surface area contributed by atoms with Crippen LogP contribution in [0.2, 0.25) is 0 Å². The van der Waals surface area contributed by atoms with Gasteiger partial charge in [0.15, 0.2) is 0 Å². The van der Waals surface area contributed by atoms with Crippen molar-refractivity contribution >= 4 is 34.1 Å². The molecule has 0 spiro atoms. The van der Waals surface area contributed by atoms with E-state index in [1.165, 1.54) is 29.5 Å². The Balaban J connectivity index is 1.65. The number of anilines is 1. The number of rotatable bonds is 2. The summed E-state index contributed by atoms with van der Waals surface area (Å²) >= 11 is 1.37. The van der Waals surface area contributed by atoms with Gasteiger partial charge in [-0.15, -0.1) is 11.3 Å². The monoisotopic (exact) mass is 386 g/mol. The molecule has 4 heterocycles. The Morgan fingerprint density at radius 1 is 1.33 bits per heavy atom. The van der Waals surface area contributed by atoms with E-state index in [9.17, 15) is 14.4 Å². The van der Waals surface area contributed by atoms with Crippen molar-refractivity contribution in [3.8, 4) is 5.75 Å². The molecule has 0 aromatic carbocycles. The zero-order valence-electron chi connectivity index (χ0n) is 14.9. The predicted molar refractivity (Wildman–Crippen MR) is 99.1 cm³/mol. The molecule has 0 atom stereocenters. The molecule has 0 unspecified atom stereocenters. The van der Waals surface area contributed by atoms with E-state index < -0.39 is 0 Å². The maximum Gasteiger partial charge on any atom is 0.258 e. The smallest absolute Gasteiger partial charge is 0.258 e. The molecular weight excluding hydrogens is 368 g/mol. The number of ether oxygens (including phenoxy) is 1. The van der Waals surface area contributed by atoms with E-state index in [0.717, 1.165) is 10.4 Å². The number of amides is 3. The first-order valence-corrected chi connectivity index (χ1v) is 9.28. The molecule has 4 rings (SSSR count). The maximum absolute atomic E-state index is 12.9. The van der Waals surface area contributed by atoms with Crippen LogP contribution in [0.4, 0.5) is 5.00 Å². The number of thiophene rings is 1. The molecule has 0 bridgehead atoms. The van der Waals surface area contributed by atoms with E-state index in [4.69, 9.17) is 4.74 Å². The van der Waals surface area contributed by atoms with Gasteiger partial charge >= 0.3 is 0 Å². The summed E-state index contributed by atoms with van der Waals surface area (Å²) in [5.41, 5.74) is 1.95. The number of hydrogen-bond donors (Lipinski definition) is 1. The highest BCUT2D eigenvalue weighted by Crippen LogP contribution is 2.39. The minimum Gasteiger partial charge on any atom is -0.494 e. The second-order valence-corrected chi connectivity index (χ2v) is 7.58. The molecule has 9 heteroatoms. The molecule has 0 fully saturated rings. The Labute approximate surface area is 159 Å². The summed E-state index contributed by atoms with van der Waals surface area (Å²) in [4.78, 5) is 45.6. The molecule has 27 heavy (non-hydrogen) atoms. The summed E-state index contributed by atoms with van der Waals surface area (Å²) in [6.07, 6.45) is 3.64. The maximum atomic E-state index is 12.9. The molecule has 8 nitrogen and oxygen atoms in total. The van der Waals surface area contributed by atoms with Gasteiger partial charge in [0, 0.05) is 24.7 Å².